The van der Waals surface area contributed by atoms with Crippen molar-refractivity contribution >= 4 is 11.2 Å². The molecule has 0 saturated heterocycles. The molecular formula is C27H25FN6O. The number of hydrogen-bond acceptors (Lipinski definition) is 5. The fourth-order valence-corrected chi connectivity index (χ4v) is 4.26. The van der Waals surface area contributed by atoms with E-state index in [1.54, 1.807) is 17.0 Å². The molecule has 0 bridgehead atoms. The highest BCUT2D eigenvalue weighted by Crippen LogP contribution is 2.27. The lowest BCUT2D eigenvalue weighted by molar-refractivity contribution is 0.403. The number of hydrogen-bond donors (Lipinski definition) is 1. The van der Waals surface area contributed by atoms with Gasteiger partial charge < -0.3 is 10.6 Å². The second kappa shape index (κ2) is 9.25. The van der Waals surface area contributed by atoms with Crippen molar-refractivity contribution in [2.24, 2.45) is 5.73 Å². The van der Waals surface area contributed by atoms with E-state index >= 15 is 4.39 Å². The number of nitrogens with zero attached hydrogens (tertiary/aromatic N) is 5. The molecule has 5 aromatic rings. The maximum Gasteiger partial charge on any atom is 0.284 e. The van der Waals surface area contributed by atoms with Gasteiger partial charge in [0.1, 0.15) is 18.5 Å². The van der Waals surface area contributed by atoms with Gasteiger partial charge in [-0.1, -0.05) is 42.5 Å². The molecule has 5 rings (SSSR count). The van der Waals surface area contributed by atoms with E-state index in [-0.39, 0.29) is 11.2 Å². The van der Waals surface area contributed by atoms with Crippen molar-refractivity contribution in [3.05, 3.63) is 107 Å². The zero-order valence-electron chi connectivity index (χ0n) is 19.5. The standard InChI is InChI=1S/C27H25FN6O/c1-32(2)15-20-7-3-4-9-22(20)19-10-11-24(23(28)13-19)34-17-31-26-25(27(34)35)33(16-30-26)21-8-5-6-18(12-21)14-29/h3-13,16-17H,14-15,29H2,1-2H3. The fourth-order valence-electron chi connectivity index (χ4n) is 4.26. The first kappa shape index (κ1) is 22.6. The van der Waals surface area contributed by atoms with Crippen LogP contribution in [-0.2, 0) is 13.1 Å². The largest absolute Gasteiger partial charge is 0.326 e. The van der Waals surface area contributed by atoms with Crippen molar-refractivity contribution in [1.29, 1.82) is 0 Å². The van der Waals surface area contributed by atoms with Crippen LogP contribution in [-0.4, -0.2) is 38.1 Å². The van der Waals surface area contributed by atoms with Gasteiger partial charge in [0.2, 0.25) is 0 Å². The quantitative estimate of drug-likeness (QED) is 0.409. The summed E-state index contributed by atoms with van der Waals surface area (Å²) in [5, 5.41) is 0. The normalized spacial score (nSPS) is 11.5. The smallest absolute Gasteiger partial charge is 0.284 e. The number of nitrogens with two attached hydrogens (primary N) is 1. The first-order valence-electron chi connectivity index (χ1n) is 11.2. The highest BCUT2D eigenvalue weighted by Gasteiger charge is 2.16. The van der Waals surface area contributed by atoms with E-state index in [4.69, 9.17) is 5.73 Å². The second-order valence-corrected chi connectivity index (χ2v) is 8.64. The van der Waals surface area contributed by atoms with Crippen LogP contribution in [0.3, 0.4) is 0 Å². The predicted molar refractivity (Wildman–Crippen MR) is 135 cm³/mol. The lowest BCUT2D eigenvalue weighted by Gasteiger charge is -2.15. The van der Waals surface area contributed by atoms with Crippen molar-refractivity contribution in [2.75, 3.05) is 14.1 Å². The molecule has 2 N–H and O–H groups in total. The van der Waals surface area contributed by atoms with Crippen molar-refractivity contribution in [3.63, 3.8) is 0 Å². The molecule has 0 saturated carbocycles. The summed E-state index contributed by atoms with van der Waals surface area (Å²) >= 11 is 0. The van der Waals surface area contributed by atoms with Crippen LogP contribution in [0.5, 0.6) is 0 Å². The minimum atomic E-state index is -0.512. The van der Waals surface area contributed by atoms with E-state index in [1.165, 1.54) is 17.0 Å². The van der Waals surface area contributed by atoms with Crippen LogP contribution in [0, 0.1) is 5.82 Å². The number of fused-ring (bicyclic) bond motifs is 1. The molecule has 0 amide bonds. The highest BCUT2D eigenvalue weighted by molar-refractivity contribution is 5.73. The van der Waals surface area contributed by atoms with E-state index in [2.05, 4.69) is 14.9 Å². The maximum absolute atomic E-state index is 15.4. The Kier molecular flexibility index (Phi) is 5.98. The molecule has 0 spiro atoms. The summed E-state index contributed by atoms with van der Waals surface area (Å²) in [5.41, 5.74) is 10.5. The van der Waals surface area contributed by atoms with Crippen LogP contribution in [0.1, 0.15) is 11.1 Å². The molecule has 35 heavy (non-hydrogen) atoms. The summed E-state index contributed by atoms with van der Waals surface area (Å²) < 4.78 is 18.3. The van der Waals surface area contributed by atoms with E-state index in [0.717, 1.165) is 34.5 Å². The third-order valence-corrected chi connectivity index (χ3v) is 5.91. The van der Waals surface area contributed by atoms with Crippen molar-refractivity contribution in [3.8, 4) is 22.5 Å². The molecule has 0 atom stereocenters. The SMILES string of the molecule is CN(C)Cc1ccccc1-c1ccc(-n2cnc3ncn(-c4cccc(CN)c4)c3c2=O)c(F)c1. The van der Waals surface area contributed by atoms with Gasteiger partial charge in [0, 0.05) is 18.8 Å². The first-order chi connectivity index (χ1) is 17.0. The Morgan fingerprint density at radius 1 is 0.943 bits per heavy atom. The van der Waals surface area contributed by atoms with Gasteiger partial charge in [0.25, 0.3) is 5.56 Å². The Hall–Kier alpha value is -4.14. The fraction of sp³-hybridized carbons (Fsp3) is 0.148. The molecule has 8 heteroatoms. The molecule has 7 nitrogen and oxygen atoms in total. The zero-order valence-corrected chi connectivity index (χ0v) is 19.5. The molecule has 0 radical (unpaired) electrons. The van der Waals surface area contributed by atoms with Crippen molar-refractivity contribution < 1.29 is 4.39 Å². The maximum atomic E-state index is 15.4. The van der Waals surface area contributed by atoms with E-state index in [9.17, 15) is 4.79 Å². The number of rotatable bonds is 6. The van der Waals surface area contributed by atoms with Crippen LogP contribution in [0.25, 0.3) is 33.7 Å². The van der Waals surface area contributed by atoms with E-state index in [0.29, 0.717) is 12.2 Å². The summed E-state index contributed by atoms with van der Waals surface area (Å²) in [6.45, 7) is 1.10. The molecular weight excluding hydrogens is 443 g/mol. The van der Waals surface area contributed by atoms with Gasteiger partial charge in [-0.3, -0.25) is 13.9 Å². The Balaban J connectivity index is 1.60. The van der Waals surface area contributed by atoms with Gasteiger partial charge in [-0.15, -0.1) is 0 Å². The van der Waals surface area contributed by atoms with Crippen LogP contribution in [0.4, 0.5) is 4.39 Å². The highest BCUT2D eigenvalue weighted by atomic mass is 19.1. The lowest BCUT2D eigenvalue weighted by Crippen LogP contribution is -2.21. The predicted octanol–water partition coefficient (Wildman–Crippen LogP) is 3.90. The number of aromatic nitrogens is 4. The van der Waals surface area contributed by atoms with Crippen molar-refractivity contribution in [1.82, 2.24) is 24.0 Å². The Labute approximate surface area is 201 Å². The number of imidazole rings is 1. The average molecular weight is 469 g/mol. The Bertz CT molecular complexity index is 1590. The lowest BCUT2D eigenvalue weighted by atomic mass is 9.99. The van der Waals surface area contributed by atoms with Gasteiger partial charge in [0.05, 0.1) is 5.69 Å². The molecule has 0 aliphatic carbocycles. The van der Waals surface area contributed by atoms with Crippen LogP contribution < -0.4 is 11.3 Å². The van der Waals surface area contributed by atoms with Crippen molar-refractivity contribution in [2.45, 2.75) is 13.1 Å². The summed E-state index contributed by atoms with van der Waals surface area (Å²) in [5.74, 6) is -0.512. The van der Waals surface area contributed by atoms with Gasteiger partial charge in [0.15, 0.2) is 11.2 Å². The summed E-state index contributed by atoms with van der Waals surface area (Å²) in [4.78, 5) is 24.1. The molecule has 0 aliphatic rings. The minimum absolute atomic E-state index is 0.127. The van der Waals surface area contributed by atoms with Crippen LogP contribution >= 0.6 is 0 Å². The molecule has 176 valence electrons. The second-order valence-electron chi connectivity index (χ2n) is 8.64. The molecule has 2 heterocycles. The summed E-state index contributed by atoms with van der Waals surface area (Å²) in [6.07, 6.45) is 2.86. The van der Waals surface area contributed by atoms with E-state index < -0.39 is 11.4 Å². The topological polar surface area (TPSA) is 82.0 Å². The Morgan fingerprint density at radius 2 is 1.71 bits per heavy atom. The Morgan fingerprint density at radius 3 is 2.46 bits per heavy atom. The summed E-state index contributed by atoms with van der Waals surface area (Å²) in [6, 6.07) is 20.3. The zero-order chi connectivity index (χ0) is 24.5. The van der Waals surface area contributed by atoms with Gasteiger partial charge >= 0.3 is 0 Å². The van der Waals surface area contributed by atoms with Crippen LogP contribution in [0.2, 0.25) is 0 Å². The molecule has 3 aromatic carbocycles. The van der Waals surface area contributed by atoms with Gasteiger partial charge in [-0.25, -0.2) is 14.4 Å². The molecule has 0 fully saturated rings. The summed E-state index contributed by atoms with van der Waals surface area (Å²) in [7, 11) is 3.99. The van der Waals surface area contributed by atoms with E-state index in [1.807, 2.05) is 68.7 Å². The molecule has 2 aromatic heterocycles. The third kappa shape index (κ3) is 4.25. The third-order valence-electron chi connectivity index (χ3n) is 5.91. The van der Waals surface area contributed by atoms with Crippen LogP contribution in [0.15, 0.2) is 84.2 Å². The monoisotopic (exact) mass is 468 g/mol. The minimum Gasteiger partial charge on any atom is -0.326 e. The number of halogens is 1. The number of benzene rings is 3. The first-order valence-corrected chi connectivity index (χ1v) is 11.2. The van der Waals surface area contributed by atoms with Gasteiger partial charge in [-0.05, 0) is 60.6 Å². The average Bonchev–Trinajstić information content (AvgIpc) is 3.30. The van der Waals surface area contributed by atoms with Gasteiger partial charge in [-0.2, -0.15) is 0 Å². The molecule has 0 aliphatic heterocycles. The molecule has 0 unspecified atom stereocenters.